The molecular weight excluding hydrogens is 227 g/mol. The highest BCUT2D eigenvalue weighted by Crippen LogP contribution is 2.33. The van der Waals surface area contributed by atoms with E-state index in [1.807, 2.05) is 20.8 Å². The summed E-state index contributed by atoms with van der Waals surface area (Å²) in [4.78, 5) is 0. The van der Waals surface area contributed by atoms with Crippen LogP contribution >= 0.6 is 0 Å². The Balaban J connectivity index is 3.00. The zero-order valence-corrected chi connectivity index (χ0v) is 10.3. The summed E-state index contributed by atoms with van der Waals surface area (Å²) in [5, 5.41) is 0. The van der Waals surface area contributed by atoms with Gasteiger partial charge in [-0.25, -0.2) is 0 Å². The summed E-state index contributed by atoms with van der Waals surface area (Å²) in [5.41, 5.74) is 5.40. The lowest BCUT2D eigenvalue weighted by atomic mass is 9.83. The van der Waals surface area contributed by atoms with Gasteiger partial charge in [-0.1, -0.05) is 39.0 Å². The third kappa shape index (κ3) is 3.73. The lowest BCUT2D eigenvalue weighted by Crippen LogP contribution is -2.37. The van der Waals surface area contributed by atoms with Gasteiger partial charge in [0.2, 0.25) is 0 Å². The first-order valence-electron chi connectivity index (χ1n) is 5.53. The van der Waals surface area contributed by atoms with Crippen LogP contribution in [0, 0.1) is 5.41 Å². The average Bonchev–Trinajstić information content (AvgIpc) is 2.15. The van der Waals surface area contributed by atoms with E-state index in [0.717, 1.165) is 6.07 Å². The van der Waals surface area contributed by atoms with Crippen molar-refractivity contribution in [2.24, 2.45) is 11.1 Å². The van der Waals surface area contributed by atoms with Gasteiger partial charge in [0.25, 0.3) is 0 Å². The van der Waals surface area contributed by atoms with Crippen molar-refractivity contribution in [2.75, 3.05) is 0 Å². The van der Waals surface area contributed by atoms with Crippen LogP contribution in [0.4, 0.5) is 13.2 Å². The molecule has 96 valence electrons. The first-order valence-corrected chi connectivity index (χ1v) is 5.53. The van der Waals surface area contributed by atoms with Crippen molar-refractivity contribution in [3.63, 3.8) is 0 Å². The highest BCUT2D eigenvalue weighted by Gasteiger charge is 2.34. The Labute approximate surface area is 99.8 Å². The van der Waals surface area contributed by atoms with Crippen molar-refractivity contribution < 1.29 is 13.2 Å². The van der Waals surface area contributed by atoms with Crippen LogP contribution in [0.2, 0.25) is 0 Å². The fourth-order valence-corrected chi connectivity index (χ4v) is 1.52. The average molecular weight is 245 g/mol. The van der Waals surface area contributed by atoms with Gasteiger partial charge in [-0.05, 0) is 23.5 Å². The smallest absolute Gasteiger partial charge is 0.327 e. The molecule has 0 saturated heterocycles. The monoisotopic (exact) mass is 245 g/mol. The molecule has 1 aromatic carbocycles. The molecule has 0 aliphatic carbocycles. The maximum Gasteiger partial charge on any atom is 0.416 e. The van der Waals surface area contributed by atoms with E-state index in [4.69, 9.17) is 5.73 Å². The lowest BCUT2D eigenvalue weighted by Gasteiger charge is -2.28. The largest absolute Gasteiger partial charge is 0.416 e. The minimum absolute atomic E-state index is 0.210. The molecule has 1 aromatic rings. The molecule has 0 fully saturated rings. The van der Waals surface area contributed by atoms with Crippen LogP contribution in [-0.2, 0) is 12.6 Å². The van der Waals surface area contributed by atoms with E-state index in [0.29, 0.717) is 0 Å². The third-order valence-corrected chi connectivity index (χ3v) is 2.87. The number of benzene rings is 1. The molecule has 1 atom stereocenters. The van der Waals surface area contributed by atoms with Crippen LogP contribution in [0.15, 0.2) is 24.3 Å². The highest BCUT2D eigenvalue weighted by atomic mass is 19.4. The maximum atomic E-state index is 12.8. The van der Waals surface area contributed by atoms with Crippen LogP contribution in [-0.4, -0.2) is 6.04 Å². The first kappa shape index (κ1) is 14.0. The van der Waals surface area contributed by atoms with E-state index in [-0.39, 0.29) is 23.4 Å². The predicted molar refractivity (Wildman–Crippen MR) is 62.6 cm³/mol. The number of halogens is 3. The normalized spacial score (nSPS) is 14.8. The Morgan fingerprint density at radius 2 is 1.65 bits per heavy atom. The Morgan fingerprint density at radius 1 is 1.12 bits per heavy atom. The Kier molecular flexibility index (Phi) is 3.87. The second kappa shape index (κ2) is 4.69. The molecule has 0 heterocycles. The van der Waals surface area contributed by atoms with Gasteiger partial charge in [-0.3, -0.25) is 0 Å². The second-order valence-electron chi connectivity index (χ2n) is 5.33. The molecule has 0 saturated carbocycles. The van der Waals surface area contributed by atoms with Crippen LogP contribution < -0.4 is 5.73 Å². The van der Waals surface area contributed by atoms with E-state index in [2.05, 4.69) is 0 Å². The summed E-state index contributed by atoms with van der Waals surface area (Å²) >= 11 is 0. The standard InChI is InChI=1S/C13H18F3N/c1-12(2,3)11(17)8-9-6-4-5-7-10(9)13(14,15)16/h4-7,11H,8,17H2,1-3H3/t11-/m1/s1. The zero-order chi connectivity index (χ0) is 13.3. The molecule has 0 aromatic heterocycles. The summed E-state index contributed by atoms with van der Waals surface area (Å²) < 4.78 is 38.3. The fourth-order valence-electron chi connectivity index (χ4n) is 1.52. The molecule has 0 amide bonds. The second-order valence-corrected chi connectivity index (χ2v) is 5.33. The van der Waals surface area contributed by atoms with E-state index in [1.54, 1.807) is 6.07 Å². The molecule has 0 radical (unpaired) electrons. The van der Waals surface area contributed by atoms with Crippen molar-refractivity contribution in [2.45, 2.75) is 39.4 Å². The molecular formula is C13H18F3N. The van der Waals surface area contributed by atoms with Crippen LogP contribution in [0.3, 0.4) is 0 Å². The zero-order valence-electron chi connectivity index (χ0n) is 10.3. The van der Waals surface area contributed by atoms with E-state index < -0.39 is 11.7 Å². The molecule has 0 spiro atoms. The van der Waals surface area contributed by atoms with Crippen molar-refractivity contribution in [1.82, 2.24) is 0 Å². The maximum absolute atomic E-state index is 12.8. The molecule has 0 bridgehead atoms. The van der Waals surface area contributed by atoms with Gasteiger partial charge in [0.1, 0.15) is 0 Å². The van der Waals surface area contributed by atoms with Crippen molar-refractivity contribution in [3.05, 3.63) is 35.4 Å². The summed E-state index contributed by atoms with van der Waals surface area (Å²) in [6.45, 7) is 5.77. The summed E-state index contributed by atoms with van der Waals surface area (Å²) in [6, 6.07) is 5.31. The first-order chi connectivity index (χ1) is 7.62. The lowest BCUT2D eigenvalue weighted by molar-refractivity contribution is -0.138. The van der Waals surface area contributed by atoms with Crippen molar-refractivity contribution in [1.29, 1.82) is 0 Å². The number of nitrogens with two attached hydrogens (primary N) is 1. The Bertz CT molecular complexity index is 377. The molecule has 0 unspecified atom stereocenters. The molecule has 4 heteroatoms. The quantitative estimate of drug-likeness (QED) is 0.846. The SMILES string of the molecule is CC(C)(C)[C@H](N)Cc1ccccc1C(F)(F)F. The van der Waals surface area contributed by atoms with Gasteiger partial charge >= 0.3 is 6.18 Å². The van der Waals surface area contributed by atoms with Crippen molar-refractivity contribution >= 4 is 0 Å². The highest BCUT2D eigenvalue weighted by molar-refractivity contribution is 5.30. The minimum atomic E-state index is -4.31. The Hall–Kier alpha value is -1.03. The Morgan fingerprint density at radius 3 is 2.12 bits per heavy atom. The third-order valence-electron chi connectivity index (χ3n) is 2.87. The summed E-state index contributed by atoms with van der Waals surface area (Å²) in [7, 11) is 0. The summed E-state index contributed by atoms with van der Waals surface area (Å²) in [5.74, 6) is 0. The molecule has 0 aliphatic heterocycles. The van der Waals surface area contributed by atoms with Crippen LogP contribution in [0.5, 0.6) is 0 Å². The number of rotatable bonds is 2. The molecule has 17 heavy (non-hydrogen) atoms. The molecule has 1 nitrogen and oxygen atoms in total. The minimum Gasteiger partial charge on any atom is -0.327 e. The number of hydrogen-bond donors (Lipinski definition) is 1. The van der Waals surface area contributed by atoms with Crippen LogP contribution in [0.25, 0.3) is 0 Å². The van der Waals surface area contributed by atoms with Crippen molar-refractivity contribution in [3.8, 4) is 0 Å². The van der Waals surface area contributed by atoms with Gasteiger partial charge in [0.15, 0.2) is 0 Å². The van der Waals surface area contributed by atoms with Gasteiger partial charge in [-0.2, -0.15) is 13.2 Å². The van der Waals surface area contributed by atoms with E-state index >= 15 is 0 Å². The molecule has 0 aliphatic rings. The topological polar surface area (TPSA) is 26.0 Å². The van der Waals surface area contributed by atoms with Gasteiger partial charge in [0, 0.05) is 6.04 Å². The molecule has 2 N–H and O–H groups in total. The number of hydrogen-bond acceptors (Lipinski definition) is 1. The van der Waals surface area contributed by atoms with Gasteiger partial charge < -0.3 is 5.73 Å². The number of alkyl halides is 3. The predicted octanol–water partition coefficient (Wildman–Crippen LogP) is 3.62. The molecule has 1 rings (SSSR count). The summed E-state index contributed by atoms with van der Waals surface area (Å²) in [6.07, 6.45) is -4.08. The van der Waals surface area contributed by atoms with Crippen LogP contribution in [0.1, 0.15) is 31.9 Å². The van der Waals surface area contributed by atoms with Gasteiger partial charge in [0.05, 0.1) is 5.56 Å². The van der Waals surface area contributed by atoms with E-state index in [9.17, 15) is 13.2 Å². The fraction of sp³-hybridized carbons (Fsp3) is 0.538. The van der Waals surface area contributed by atoms with E-state index in [1.165, 1.54) is 12.1 Å². The van der Waals surface area contributed by atoms with Gasteiger partial charge in [-0.15, -0.1) is 0 Å².